The van der Waals surface area contributed by atoms with E-state index < -0.39 is 0 Å². The van der Waals surface area contributed by atoms with Crippen molar-refractivity contribution in [2.45, 2.75) is 25.8 Å². The summed E-state index contributed by atoms with van der Waals surface area (Å²) in [5.41, 5.74) is 1.33. The van der Waals surface area contributed by atoms with Crippen molar-refractivity contribution in [2.75, 3.05) is 13.2 Å². The van der Waals surface area contributed by atoms with Crippen LogP contribution in [0.25, 0.3) is 0 Å². The Hall–Kier alpha value is -2.72. The number of amides is 1. The molecule has 0 radical (unpaired) electrons. The van der Waals surface area contributed by atoms with Crippen LogP contribution in [0.2, 0.25) is 0 Å². The zero-order valence-electron chi connectivity index (χ0n) is 14.4. The first-order valence-corrected chi connectivity index (χ1v) is 8.33. The Morgan fingerprint density at radius 3 is 2.80 bits per heavy atom. The van der Waals surface area contributed by atoms with Gasteiger partial charge in [0.2, 0.25) is 0 Å². The SMILES string of the molecule is Cc1nc(C(=O)NC(c2nccn2C)C2CCOCC2)ccc1C#N. The summed E-state index contributed by atoms with van der Waals surface area (Å²) in [4.78, 5) is 21.4. The standard InChI is InChI=1S/C18H21N5O2/c1-12-14(11-19)3-4-15(21-12)18(24)22-16(13-5-9-25-10-6-13)17-20-7-8-23(17)2/h3-4,7-8,13,16H,5-6,9-10H2,1-2H3,(H,22,24). The summed E-state index contributed by atoms with van der Waals surface area (Å²) < 4.78 is 7.37. The van der Waals surface area contributed by atoms with Crippen LogP contribution in [0.15, 0.2) is 24.5 Å². The Kier molecular flexibility index (Phi) is 5.10. The molecule has 3 rings (SSSR count). The molecule has 0 aromatic carbocycles. The molecule has 0 bridgehead atoms. The molecule has 1 aliphatic heterocycles. The minimum absolute atomic E-state index is 0.200. The predicted molar refractivity (Wildman–Crippen MR) is 90.6 cm³/mol. The Bertz CT molecular complexity index is 802. The average molecular weight is 339 g/mol. The lowest BCUT2D eigenvalue weighted by Crippen LogP contribution is -2.37. The summed E-state index contributed by atoms with van der Waals surface area (Å²) in [5, 5.41) is 12.1. The lowest BCUT2D eigenvalue weighted by Gasteiger charge is -2.30. The van der Waals surface area contributed by atoms with Crippen molar-refractivity contribution in [2.24, 2.45) is 13.0 Å². The fourth-order valence-corrected chi connectivity index (χ4v) is 3.14. The Morgan fingerprint density at radius 1 is 1.44 bits per heavy atom. The van der Waals surface area contributed by atoms with Gasteiger partial charge in [0.1, 0.15) is 17.6 Å². The van der Waals surface area contributed by atoms with Crippen LogP contribution in [0.5, 0.6) is 0 Å². The van der Waals surface area contributed by atoms with Crippen molar-refractivity contribution in [3.05, 3.63) is 47.3 Å². The number of carbonyl (C=O) groups excluding carboxylic acids is 1. The van der Waals surface area contributed by atoms with Crippen LogP contribution in [-0.4, -0.2) is 33.7 Å². The Labute approximate surface area is 146 Å². The molecule has 1 atom stereocenters. The number of pyridine rings is 1. The van der Waals surface area contributed by atoms with Gasteiger partial charge in [-0.25, -0.2) is 9.97 Å². The summed E-state index contributed by atoms with van der Waals surface area (Å²) in [7, 11) is 1.92. The number of aryl methyl sites for hydroxylation is 2. The van der Waals surface area contributed by atoms with E-state index in [1.807, 2.05) is 17.8 Å². The second kappa shape index (κ2) is 7.45. The summed E-state index contributed by atoms with van der Waals surface area (Å²) in [5.74, 6) is 0.830. The third-order valence-corrected chi connectivity index (χ3v) is 4.60. The quantitative estimate of drug-likeness (QED) is 0.918. The zero-order chi connectivity index (χ0) is 17.8. The zero-order valence-corrected chi connectivity index (χ0v) is 14.4. The van der Waals surface area contributed by atoms with Crippen LogP contribution in [0, 0.1) is 24.2 Å². The largest absolute Gasteiger partial charge is 0.381 e. The number of nitrogens with zero attached hydrogens (tertiary/aromatic N) is 4. The van der Waals surface area contributed by atoms with Crippen LogP contribution in [0.3, 0.4) is 0 Å². The molecule has 2 aromatic heterocycles. The molecule has 0 spiro atoms. The molecule has 7 nitrogen and oxygen atoms in total. The number of nitrogens with one attached hydrogen (secondary N) is 1. The van der Waals surface area contributed by atoms with E-state index in [0.29, 0.717) is 30.2 Å². The molecule has 1 N–H and O–H groups in total. The van der Waals surface area contributed by atoms with Crippen molar-refractivity contribution >= 4 is 5.91 Å². The lowest BCUT2D eigenvalue weighted by atomic mass is 9.91. The maximum Gasteiger partial charge on any atom is 0.270 e. The van der Waals surface area contributed by atoms with Gasteiger partial charge in [0, 0.05) is 32.7 Å². The number of rotatable bonds is 4. The predicted octanol–water partition coefficient (Wildman–Crippen LogP) is 1.89. The van der Waals surface area contributed by atoms with Gasteiger partial charge in [0.05, 0.1) is 17.3 Å². The van der Waals surface area contributed by atoms with Crippen LogP contribution < -0.4 is 5.32 Å². The summed E-state index contributed by atoms with van der Waals surface area (Å²) in [6.45, 7) is 3.11. The van der Waals surface area contributed by atoms with Gasteiger partial charge in [-0.3, -0.25) is 4.79 Å². The Balaban J connectivity index is 1.84. The normalized spacial score (nSPS) is 16.2. The number of nitriles is 1. The maximum atomic E-state index is 12.7. The molecule has 7 heteroatoms. The monoisotopic (exact) mass is 339 g/mol. The molecular formula is C18H21N5O2. The van der Waals surface area contributed by atoms with Crippen LogP contribution in [0.4, 0.5) is 0 Å². The van der Waals surface area contributed by atoms with Gasteiger partial charge in [0.25, 0.3) is 5.91 Å². The first-order valence-electron chi connectivity index (χ1n) is 8.33. The average Bonchev–Trinajstić information content (AvgIpc) is 3.06. The minimum Gasteiger partial charge on any atom is -0.381 e. The van der Waals surface area contributed by atoms with E-state index in [9.17, 15) is 4.79 Å². The van der Waals surface area contributed by atoms with Crippen molar-refractivity contribution in [1.82, 2.24) is 19.9 Å². The lowest BCUT2D eigenvalue weighted by molar-refractivity contribution is 0.0498. The molecule has 1 amide bonds. The summed E-state index contributed by atoms with van der Waals surface area (Å²) in [6, 6.07) is 5.07. The third-order valence-electron chi connectivity index (χ3n) is 4.60. The smallest absolute Gasteiger partial charge is 0.270 e. The molecule has 25 heavy (non-hydrogen) atoms. The first kappa shape index (κ1) is 17.1. The molecule has 0 saturated carbocycles. The fraction of sp³-hybridized carbons (Fsp3) is 0.444. The molecule has 3 heterocycles. The minimum atomic E-state index is -0.257. The van der Waals surface area contributed by atoms with Crippen LogP contribution >= 0.6 is 0 Å². The number of carbonyl (C=O) groups is 1. The topological polar surface area (TPSA) is 92.8 Å². The van der Waals surface area contributed by atoms with Gasteiger partial charge in [-0.05, 0) is 37.8 Å². The van der Waals surface area contributed by atoms with Crippen molar-refractivity contribution in [1.29, 1.82) is 5.26 Å². The van der Waals surface area contributed by atoms with Crippen molar-refractivity contribution in [3.63, 3.8) is 0 Å². The van der Waals surface area contributed by atoms with Crippen molar-refractivity contribution < 1.29 is 9.53 Å². The van der Waals surface area contributed by atoms with E-state index in [1.54, 1.807) is 25.3 Å². The number of ether oxygens (including phenoxy) is 1. The molecule has 1 unspecified atom stereocenters. The van der Waals surface area contributed by atoms with E-state index in [0.717, 1.165) is 18.7 Å². The maximum absolute atomic E-state index is 12.7. The third kappa shape index (κ3) is 3.69. The van der Waals surface area contributed by atoms with Crippen LogP contribution in [0.1, 0.15) is 46.5 Å². The molecule has 130 valence electrons. The van der Waals surface area contributed by atoms with Gasteiger partial charge in [-0.15, -0.1) is 0 Å². The van der Waals surface area contributed by atoms with E-state index in [2.05, 4.69) is 21.4 Å². The molecular weight excluding hydrogens is 318 g/mol. The highest BCUT2D eigenvalue weighted by Gasteiger charge is 2.30. The second-order valence-electron chi connectivity index (χ2n) is 6.24. The van der Waals surface area contributed by atoms with Gasteiger partial charge in [-0.2, -0.15) is 5.26 Å². The van der Waals surface area contributed by atoms with Gasteiger partial charge < -0.3 is 14.6 Å². The first-order chi connectivity index (χ1) is 12.1. The second-order valence-corrected chi connectivity index (χ2v) is 6.24. The molecule has 1 fully saturated rings. The van der Waals surface area contributed by atoms with E-state index in [4.69, 9.17) is 10.00 Å². The number of imidazole rings is 1. The van der Waals surface area contributed by atoms with Crippen molar-refractivity contribution in [3.8, 4) is 6.07 Å². The van der Waals surface area contributed by atoms with E-state index >= 15 is 0 Å². The highest BCUT2D eigenvalue weighted by atomic mass is 16.5. The highest BCUT2D eigenvalue weighted by molar-refractivity contribution is 5.92. The number of hydrogen-bond acceptors (Lipinski definition) is 5. The van der Waals surface area contributed by atoms with Gasteiger partial charge in [-0.1, -0.05) is 0 Å². The highest BCUT2D eigenvalue weighted by Crippen LogP contribution is 2.29. The van der Waals surface area contributed by atoms with Gasteiger partial charge >= 0.3 is 0 Å². The summed E-state index contributed by atoms with van der Waals surface area (Å²) >= 11 is 0. The fourth-order valence-electron chi connectivity index (χ4n) is 3.14. The molecule has 1 aliphatic rings. The molecule has 0 aliphatic carbocycles. The van der Waals surface area contributed by atoms with E-state index in [1.165, 1.54) is 0 Å². The Morgan fingerprint density at radius 2 is 2.20 bits per heavy atom. The van der Waals surface area contributed by atoms with Gasteiger partial charge in [0.15, 0.2) is 0 Å². The summed E-state index contributed by atoms with van der Waals surface area (Å²) in [6.07, 6.45) is 5.35. The van der Waals surface area contributed by atoms with Crippen LogP contribution in [-0.2, 0) is 11.8 Å². The number of hydrogen-bond donors (Lipinski definition) is 1. The number of aromatic nitrogens is 3. The molecule has 1 saturated heterocycles. The molecule has 2 aromatic rings. The van der Waals surface area contributed by atoms with E-state index in [-0.39, 0.29) is 17.9 Å².